The Morgan fingerprint density at radius 2 is 1.80 bits per heavy atom. The lowest BCUT2D eigenvalue weighted by atomic mass is 9.90. The largest absolute Gasteiger partial charge is 0.316 e. The Morgan fingerprint density at radius 1 is 1.20 bits per heavy atom. The zero-order chi connectivity index (χ0) is 11.0. The van der Waals surface area contributed by atoms with Crippen molar-refractivity contribution in [2.24, 2.45) is 0 Å². The predicted molar refractivity (Wildman–Crippen MR) is 66.2 cm³/mol. The molecule has 0 spiro atoms. The highest BCUT2D eigenvalue weighted by atomic mass is 35.5. The van der Waals surface area contributed by atoms with E-state index < -0.39 is 0 Å². The van der Waals surface area contributed by atoms with E-state index in [-0.39, 0.29) is 0 Å². The molecule has 0 aliphatic carbocycles. The topological polar surface area (TPSA) is 12.0 Å². The van der Waals surface area contributed by atoms with Gasteiger partial charge in [0.2, 0.25) is 0 Å². The van der Waals surface area contributed by atoms with Crippen LogP contribution in [0.4, 0.5) is 0 Å². The molecule has 0 amide bonds. The third-order valence-corrected chi connectivity index (χ3v) is 4.03. The maximum atomic E-state index is 6.16. The smallest absolute Gasteiger partial charge is 0.0453 e. The molecule has 0 saturated carbocycles. The molecule has 0 bridgehead atoms. The molecule has 1 atom stereocenters. The first kappa shape index (κ1) is 11.3. The molecule has 3 heteroatoms. The maximum absolute atomic E-state index is 6.16. The molecule has 1 aliphatic rings. The molecule has 1 fully saturated rings. The van der Waals surface area contributed by atoms with Gasteiger partial charge < -0.3 is 5.32 Å². The van der Waals surface area contributed by atoms with Gasteiger partial charge in [-0.05, 0) is 55.5 Å². The van der Waals surface area contributed by atoms with E-state index in [0.29, 0.717) is 5.92 Å². The van der Waals surface area contributed by atoms with E-state index in [4.69, 9.17) is 23.2 Å². The first-order chi connectivity index (χ1) is 7.11. The molecule has 1 heterocycles. The summed E-state index contributed by atoms with van der Waals surface area (Å²) in [6.45, 7) is 6.30. The summed E-state index contributed by atoms with van der Waals surface area (Å²) in [5.41, 5.74) is 3.72. The van der Waals surface area contributed by atoms with E-state index in [1.54, 1.807) is 0 Å². The van der Waals surface area contributed by atoms with Crippen molar-refractivity contribution in [2.75, 3.05) is 13.1 Å². The van der Waals surface area contributed by atoms with Crippen molar-refractivity contribution in [2.45, 2.75) is 26.2 Å². The van der Waals surface area contributed by atoms with Gasteiger partial charge in [-0.2, -0.15) is 0 Å². The molecule has 1 unspecified atom stereocenters. The Balaban J connectivity index is 2.52. The van der Waals surface area contributed by atoms with Crippen LogP contribution in [0.1, 0.15) is 29.0 Å². The van der Waals surface area contributed by atoms with Gasteiger partial charge in [-0.25, -0.2) is 0 Å². The number of halogens is 2. The van der Waals surface area contributed by atoms with Gasteiger partial charge in [-0.1, -0.05) is 23.2 Å². The second-order valence-electron chi connectivity index (χ2n) is 4.19. The minimum absolute atomic E-state index is 0.571. The van der Waals surface area contributed by atoms with Crippen molar-refractivity contribution in [1.29, 1.82) is 0 Å². The van der Waals surface area contributed by atoms with Gasteiger partial charge in [-0.3, -0.25) is 0 Å². The van der Waals surface area contributed by atoms with Crippen molar-refractivity contribution < 1.29 is 0 Å². The first-order valence-corrected chi connectivity index (χ1v) is 6.02. The normalized spacial score (nSPS) is 20.9. The number of benzene rings is 1. The second-order valence-corrected chi connectivity index (χ2v) is 5.01. The molecule has 2 rings (SSSR count). The minimum atomic E-state index is 0.571. The van der Waals surface area contributed by atoms with Gasteiger partial charge in [0, 0.05) is 16.6 Å². The molecule has 1 aromatic rings. The zero-order valence-electron chi connectivity index (χ0n) is 9.03. The average Bonchev–Trinajstić information content (AvgIpc) is 2.69. The second kappa shape index (κ2) is 4.32. The summed E-state index contributed by atoms with van der Waals surface area (Å²) >= 11 is 12.3. The van der Waals surface area contributed by atoms with E-state index in [2.05, 4.69) is 19.2 Å². The van der Waals surface area contributed by atoms with Crippen LogP contribution < -0.4 is 5.32 Å². The lowest BCUT2D eigenvalue weighted by Gasteiger charge is -2.18. The zero-order valence-corrected chi connectivity index (χ0v) is 10.5. The summed E-state index contributed by atoms with van der Waals surface area (Å²) in [7, 11) is 0. The van der Waals surface area contributed by atoms with Crippen LogP contribution in [-0.2, 0) is 0 Å². The molecule has 1 aliphatic heterocycles. The summed E-state index contributed by atoms with van der Waals surface area (Å²) in [4.78, 5) is 0. The Bertz CT molecular complexity index is 355. The van der Waals surface area contributed by atoms with E-state index in [9.17, 15) is 0 Å². The number of rotatable bonds is 1. The Morgan fingerprint density at radius 3 is 2.27 bits per heavy atom. The first-order valence-electron chi connectivity index (χ1n) is 5.27. The summed E-state index contributed by atoms with van der Waals surface area (Å²) in [6.07, 6.45) is 1.18. The molecule has 1 aromatic carbocycles. The van der Waals surface area contributed by atoms with Gasteiger partial charge in [0.25, 0.3) is 0 Å². The molecule has 1 nitrogen and oxygen atoms in total. The SMILES string of the molecule is Cc1c(Cl)cc(Cl)c(C)c1C1CCNC1. The molecular weight excluding hydrogens is 229 g/mol. The van der Waals surface area contributed by atoms with E-state index >= 15 is 0 Å². The molecule has 15 heavy (non-hydrogen) atoms. The average molecular weight is 244 g/mol. The van der Waals surface area contributed by atoms with Gasteiger partial charge in [-0.15, -0.1) is 0 Å². The lowest BCUT2D eigenvalue weighted by molar-refractivity contribution is 0.751. The van der Waals surface area contributed by atoms with Crippen LogP contribution in [-0.4, -0.2) is 13.1 Å². The Hall–Kier alpha value is -0.240. The number of hydrogen-bond acceptors (Lipinski definition) is 1. The standard InChI is InChI=1S/C12H15Cl2N/c1-7-10(13)5-11(14)8(2)12(7)9-3-4-15-6-9/h5,9,15H,3-4,6H2,1-2H3. The molecular formula is C12H15Cl2N. The van der Waals surface area contributed by atoms with Crippen molar-refractivity contribution in [3.8, 4) is 0 Å². The van der Waals surface area contributed by atoms with E-state index in [1.165, 1.54) is 23.1 Å². The van der Waals surface area contributed by atoms with Crippen molar-refractivity contribution in [1.82, 2.24) is 5.32 Å². The predicted octanol–water partition coefficient (Wildman–Crippen LogP) is 3.69. The third kappa shape index (κ3) is 2.01. The fourth-order valence-electron chi connectivity index (χ4n) is 2.38. The Kier molecular flexibility index (Phi) is 3.24. The summed E-state index contributed by atoms with van der Waals surface area (Å²) < 4.78 is 0. The molecule has 82 valence electrons. The van der Waals surface area contributed by atoms with Crippen LogP contribution in [0.3, 0.4) is 0 Å². The summed E-state index contributed by atoms with van der Waals surface area (Å²) in [6, 6.07) is 1.85. The molecule has 0 aromatic heterocycles. The van der Waals surface area contributed by atoms with E-state index in [0.717, 1.165) is 23.1 Å². The van der Waals surface area contributed by atoms with Crippen molar-refractivity contribution in [3.05, 3.63) is 32.8 Å². The highest BCUT2D eigenvalue weighted by molar-refractivity contribution is 6.35. The van der Waals surface area contributed by atoms with E-state index in [1.807, 2.05) is 6.07 Å². The van der Waals surface area contributed by atoms with Crippen molar-refractivity contribution >= 4 is 23.2 Å². The van der Waals surface area contributed by atoms with Crippen LogP contribution in [0.25, 0.3) is 0 Å². The third-order valence-electron chi connectivity index (χ3n) is 3.25. The fraction of sp³-hybridized carbons (Fsp3) is 0.500. The summed E-state index contributed by atoms with van der Waals surface area (Å²) in [5.74, 6) is 0.571. The van der Waals surface area contributed by atoms with Gasteiger partial charge >= 0.3 is 0 Å². The van der Waals surface area contributed by atoms with Gasteiger partial charge in [0.1, 0.15) is 0 Å². The number of nitrogens with one attached hydrogen (secondary N) is 1. The van der Waals surface area contributed by atoms with Gasteiger partial charge in [0.15, 0.2) is 0 Å². The maximum Gasteiger partial charge on any atom is 0.0453 e. The van der Waals surface area contributed by atoms with Crippen molar-refractivity contribution in [3.63, 3.8) is 0 Å². The fourth-order valence-corrected chi connectivity index (χ4v) is 2.86. The highest BCUT2D eigenvalue weighted by Crippen LogP contribution is 2.36. The summed E-state index contributed by atoms with van der Waals surface area (Å²) in [5, 5.41) is 4.95. The lowest BCUT2D eigenvalue weighted by Crippen LogP contribution is -2.10. The van der Waals surface area contributed by atoms with Crippen LogP contribution in [0.5, 0.6) is 0 Å². The van der Waals surface area contributed by atoms with Crippen LogP contribution >= 0.6 is 23.2 Å². The highest BCUT2D eigenvalue weighted by Gasteiger charge is 2.22. The monoisotopic (exact) mass is 243 g/mol. The number of hydrogen-bond donors (Lipinski definition) is 1. The molecule has 1 saturated heterocycles. The Labute approximate surface area is 101 Å². The van der Waals surface area contributed by atoms with Crippen LogP contribution in [0.2, 0.25) is 10.0 Å². The quantitative estimate of drug-likeness (QED) is 0.794. The molecule has 1 N–H and O–H groups in total. The minimum Gasteiger partial charge on any atom is -0.316 e. The molecule has 0 radical (unpaired) electrons. The van der Waals surface area contributed by atoms with Crippen LogP contribution in [0, 0.1) is 13.8 Å². The van der Waals surface area contributed by atoms with Gasteiger partial charge in [0.05, 0.1) is 0 Å². The van der Waals surface area contributed by atoms with Crippen LogP contribution in [0.15, 0.2) is 6.07 Å².